The minimum atomic E-state index is -0.240. The van der Waals surface area contributed by atoms with Crippen LogP contribution in [0.1, 0.15) is 26.3 Å². The lowest BCUT2D eigenvalue weighted by molar-refractivity contribution is 0.102. The molecule has 3 aromatic rings. The summed E-state index contributed by atoms with van der Waals surface area (Å²) in [5.41, 5.74) is 2.13. The summed E-state index contributed by atoms with van der Waals surface area (Å²) in [6, 6.07) is 23.5. The zero-order valence-corrected chi connectivity index (χ0v) is 15.5. The number of nitrogens with one attached hydrogen (secondary N) is 1. The van der Waals surface area contributed by atoms with Crippen molar-refractivity contribution < 1.29 is 9.59 Å². The smallest absolute Gasteiger partial charge is 0.256 e. The molecule has 0 atom stereocenters. The van der Waals surface area contributed by atoms with Crippen molar-refractivity contribution in [2.75, 3.05) is 11.1 Å². The van der Waals surface area contributed by atoms with Gasteiger partial charge in [-0.3, -0.25) is 9.59 Å². The Labute approximate surface area is 163 Å². The molecule has 134 valence electrons. The van der Waals surface area contributed by atoms with E-state index in [1.807, 2.05) is 36.4 Å². The molecule has 0 saturated carbocycles. The molecule has 3 nitrogen and oxygen atoms in total. The minimum absolute atomic E-state index is 0.124. The highest BCUT2D eigenvalue weighted by Gasteiger charge is 2.17. The first-order chi connectivity index (χ1) is 13.2. The predicted molar refractivity (Wildman–Crippen MR) is 112 cm³/mol. The highest BCUT2D eigenvalue weighted by Crippen LogP contribution is 2.25. The van der Waals surface area contributed by atoms with Crippen molar-refractivity contribution in [3.05, 3.63) is 108 Å². The molecule has 4 heteroatoms. The molecule has 0 heterocycles. The molecule has 0 unspecified atom stereocenters. The van der Waals surface area contributed by atoms with Crippen LogP contribution < -0.4 is 5.32 Å². The van der Waals surface area contributed by atoms with Crippen molar-refractivity contribution in [3.63, 3.8) is 0 Å². The van der Waals surface area contributed by atoms with Crippen molar-refractivity contribution >= 4 is 29.1 Å². The second-order valence-electron chi connectivity index (χ2n) is 5.79. The fourth-order valence-corrected chi connectivity index (χ4v) is 3.44. The zero-order chi connectivity index (χ0) is 19.1. The number of amides is 1. The lowest BCUT2D eigenvalue weighted by atomic mass is 10.0. The fourth-order valence-electron chi connectivity index (χ4n) is 2.65. The molecule has 0 saturated heterocycles. The standard InChI is InChI=1S/C23H19NO2S/c1-2-16-27-21-15-9-7-13-19(21)23(26)24-20-14-8-6-12-18(20)22(25)17-10-4-3-5-11-17/h2-15H,1,16H2,(H,24,26). The van der Waals surface area contributed by atoms with Gasteiger partial charge in [-0.25, -0.2) is 0 Å². The Balaban J connectivity index is 1.88. The molecule has 1 N–H and O–H groups in total. The third-order valence-electron chi connectivity index (χ3n) is 3.94. The molecule has 27 heavy (non-hydrogen) atoms. The number of carbonyl (C=O) groups is 2. The molecule has 0 spiro atoms. The maximum atomic E-state index is 12.8. The maximum absolute atomic E-state index is 12.8. The SMILES string of the molecule is C=CCSc1ccccc1C(=O)Nc1ccccc1C(=O)c1ccccc1. The average Bonchev–Trinajstić information content (AvgIpc) is 2.73. The molecule has 3 aromatic carbocycles. The number of para-hydroxylation sites is 1. The number of ketones is 1. The molecular weight excluding hydrogens is 354 g/mol. The first-order valence-electron chi connectivity index (χ1n) is 8.53. The molecule has 0 aromatic heterocycles. The molecule has 0 aliphatic heterocycles. The summed E-state index contributed by atoms with van der Waals surface area (Å²) >= 11 is 1.55. The summed E-state index contributed by atoms with van der Waals surface area (Å²) in [6.45, 7) is 3.72. The van der Waals surface area contributed by atoms with Gasteiger partial charge in [-0.15, -0.1) is 18.3 Å². The van der Waals surface area contributed by atoms with Crippen LogP contribution in [-0.2, 0) is 0 Å². The number of carbonyl (C=O) groups excluding carboxylic acids is 2. The van der Waals surface area contributed by atoms with E-state index in [1.165, 1.54) is 0 Å². The molecule has 0 aliphatic rings. The van der Waals surface area contributed by atoms with Crippen LogP contribution >= 0.6 is 11.8 Å². The predicted octanol–water partition coefficient (Wildman–Crippen LogP) is 5.45. The van der Waals surface area contributed by atoms with Crippen LogP contribution in [0.5, 0.6) is 0 Å². The molecule has 0 fully saturated rings. The van der Waals surface area contributed by atoms with Gasteiger partial charge in [0.1, 0.15) is 0 Å². The van der Waals surface area contributed by atoms with Gasteiger partial charge in [-0.05, 0) is 24.3 Å². The number of hydrogen-bond acceptors (Lipinski definition) is 3. The van der Waals surface area contributed by atoms with Crippen LogP contribution in [0.2, 0.25) is 0 Å². The number of hydrogen-bond donors (Lipinski definition) is 1. The van der Waals surface area contributed by atoms with Gasteiger partial charge >= 0.3 is 0 Å². The van der Waals surface area contributed by atoms with Crippen molar-refractivity contribution in [1.29, 1.82) is 0 Å². The Hall–Kier alpha value is -3.11. The van der Waals surface area contributed by atoms with Crippen molar-refractivity contribution in [1.82, 2.24) is 0 Å². The van der Waals surface area contributed by atoms with Crippen molar-refractivity contribution in [2.45, 2.75) is 4.90 Å². The quantitative estimate of drug-likeness (QED) is 0.340. The summed E-state index contributed by atoms with van der Waals surface area (Å²) in [7, 11) is 0. The van der Waals surface area contributed by atoms with E-state index in [0.717, 1.165) is 4.90 Å². The Morgan fingerprint density at radius 1 is 0.852 bits per heavy atom. The molecule has 1 amide bonds. The first kappa shape index (κ1) is 18.7. The van der Waals surface area contributed by atoms with Crippen molar-refractivity contribution in [3.8, 4) is 0 Å². The Morgan fingerprint density at radius 2 is 1.48 bits per heavy atom. The van der Waals surface area contributed by atoms with Gasteiger partial charge in [0.25, 0.3) is 5.91 Å². The third-order valence-corrected chi connectivity index (χ3v) is 5.01. The molecule has 0 bridgehead atoms. The molecule has 3 rings (SSSR count). The Morgan fingerprint density at radius 3 is 2.22 bits per heavy atom. The van der Waals surface area contributed by atoms with E-state index in [2.05, 4.69) is 11.9 Å². The third kappa shape index (κ3) is 4.54. The average molecular weight is 373 g/mol. The topological polar surface area (TPSA) is 46.2 Å². The van der Waals surface area contributed by atoms with Crippen molar-refractivity contribution in [2.24, 2.45) is 0 Å². The summed E-state index contributed by atoms with van der Waals surface area (Å²) < 4.78 is 0. The Kier molecular flexibility index (Phi) is 6.23. The van der Waals surface area contributed by atoms with E-state index in [9.17, 15) is 9.59 Å². The van der Waals surface area contributed by atoms with Gasteiger partial charge in [0.2, 0.25) is 0 Å². The fraction of sp³-hybridized carbons (Fsp3) is 0.0435. The van der Waals surface area contributed by atoms with E-state index < -0.39 is 0 Å². The van der Waals surface area contributed by atoms with E-state index >= 15 is 0 Å². The van der Waals surface area contributed by atoms with Crippen LogP contribution in [0.15, 0.2) is 96.4 Å². The van der Waals surface area contributed by atoms with Gasteiger partial charge in [0.15, 0.2) is 5.78 Å². The summed E-state index contributed by atoms with van der Waals surface area (Å²) in [5, 5.41) is 2.90. The normalized spacial score (nSPS) is 10.2. The van der Waals surface area contributed by atoms with E-state index in [-0.39, 0.29) is 11.7 Å². The van der Waals surface area contributed by atoms with Gasteiger partial charge < -0.3 is 5.32 Å². The number of rotatable bonds is 7. The maximum Gasteiger partial charge on any atom is 0.256 e. The molecule has 0 radical (unpaired) electrons. The second-order valence-corrected chi connectivity index (χ2v) is 6.85. The monoisotopic (exact) mass is 373 g/mol. The van der Waals surface area contributed by atoms with Crippen LogP contribution in [-0.4, -0.2) is 17.4 Å². The van der Waals surface area contributed by atoms with E-state index in [1.54, 1.807) is 60.3 Å². The number of anilines is 1. The van der Waals surface area contributed by atoms with Crippen LogP contribution in [0.25, 0.3) is 0 Å². The van der Waals surface area contributed by atoms with Crippen LogP contribution in [0.4, 0.5) is 5.69 Å². The number of thioether (sulfide) groups is 1. The Bertz CT molecular complexity index is 967. The minimum Gasteiger partial charge on any atom is -0.321 e. The summed E-state index contributed by atoms with van der Waals surface area (Å²) in [4.78, 5) is 26.6. The lowest BCUT2D eigenvalue weighted by Gasteiger charge is -2.12. The second kappa shape index (κ2) is 9.01. The summed E-state index contributed by atoms with van der Waals surface area (Å²) in [5.74, 6) is 0.351. The first-order valence-corrected chi connectivity index (χ1v) is 9.52. The van der Waals surface area contributed by atoms with Crippen LogP contribution in [0.3, 0.4) is 0 Å². The zero-order valence-electron chi connectivity index (χ0n) is 14.7. The van der Waals surface area contributed by atoms with Gasteiger partial charge in [-0.1, -0.05) is 60.7 Å². The van der Waals surface area contributed by atoms with Gasteiger partial charge in [-0.2, -0.15) is 0 Å². The molecular formula is C23H19NO2S. The van der Waals surface area contributed by atoms with Gasteiger partial charge in [0, 0.05) is 21.8 Å². The lowest BCUT2D eigenvalue weighted by Crippen LogP contribution is -2.16. The largest absolute Gasteiger partial charge is 0.321 e. The van der Waals surface area contributed by atoms with Crippen LogP contribution in [0, 0.1) is 0 Å². The highest BCUT2D eigenvalue weighted by atomic mass is 32.2. The summed E-state index contributed by atoms with van der Waals surface area (Å²) in [6.07, 6.45) is 1.80. The van der Waals surface area contributed by atoms with Gasteiger partial charge in [0.05, 0.1) is 11.3 Å². The highest BCUT2D eigenvalue weighted by molar-refractivity contribution is 7.99. The number of benzene rings is 3. The molecule has 0 aliphatic carbocycles. The van der Waals surface area contributed by atoms with E-state index in [0.29, 0.717) is 28.1 Å². The van der Waals surface area contributed by atoms with E-state index in [4.69, 9.17) is 0 Å².